The molecule has 3 rings (SSSR count). The van der Waals surface area contributed by atoms with E-state index in [1.165, 1.54) is 23.4 Å². The van der Waals surface area contributed by atoms with Gasteiger partial charge in [0.15, 0.2) is 5.78 Å². The molecule has 0 unspecified atom stereocenters. The molecule has 2 aromatic rings. The quantitative estimate of drug-likeness (QED) is 0.737. The maximum Gasteiger partial charge on any atom is 0.253 e. The van der Waals surface area contributed by atoms with Crippen LogP contribution in [-0.2, 0) is 14.8 Å². The fraction of sp³-hybridized carbons (Fsp3) is 0.333. The minimum atomic E-state index is -3.78. The Morgan fingerprint density at radius 2 is 1.85 bits per heavy atom. The van der Waals surface area contributed by atoms with Crippen LogP contribution >= 0.6 is 22.9 Å². The van der Waals surface area contributed by atoms with E-state index in [0.717, 1.165) is 17.8 Å². The Balaban J connectivity index is 1.80. The molecule has 0 bridgehead atoms. The number of anilines is 1. The van der Waals surface area contributed by atoms with Gasteiger partial charge in [-0.25, -0.2) is 8.42 Å². The van der Waals surface area contributed by atoms with Crippen LogP contribution in [0, 0.1) is 0 Å². The second-order valence-electron chi connectivity index (χ2n) is 6.31. The third kappa shape index (κ3) is 4.40. The zero-order chi connectivity index (χ0) is 19.6. The van der Waals surface area contributed by atoms with Crippen LogP contribution in [0.15, 0.2) is 40.6 Å². The van der Waals surface area contributed by atoms with E-state index in [-0.39, 0.29) is 15.9 Å². The summed E-state index contributed by atoms with van der Waals surface area (Å²) < 4.78 is 27.7. The minimum Gasteiger partial charge on any atom is -0.325 e. The summed E-state index contributed by atoms with van der Waals surface area (Å²) in [6.45, 7) is 1.76. The van der Waals surface area contributed by atoms with Gasteiger partial charge < -0.3 is 5.32 Å². The number of carbonyl (C=O) groups excluding carboxylic acids is 2. The lowest BCUT2D eigenvalue weighted by atomic mass is 10.0. The second-order valence-corrected chi connectivity index (χ2v) is 10.1. The van der Waals surface area contributed by atoms with E-state index < -0.39 is 16.1 Å². The first kappa shape index (κ1) is 20.0. The zero-order valence-corrected chi connectivity index (χ0v) is 17.0. The summed E-state index contributed by atoms with van der Waals surface area (Å²) in [6, 6.07) is 8.74. The van der Waals surface area contributed by atoms with Gasteiger partial charge in [-0.1, -0.05) is 18.0 Å². The number of amides is 1. The minimum absolute atomic E-state index is 0.0629. The van der Waals surface area contributed by atoms with Crippen molar-refractivity contribution in [2.45, 2.75) is 36.4 Å². The second kappa shape index (κ2) is 8.10. The van der Waals surface area contributed by atoms with Crippen LogP contribution in [0.1, 0.15) is 36.5 Å². The van der Waals surface area contributed by atoms with Gasteiger partial charge in [-0.3, -0.25) is 9.59 Å². The summed E-state index contributed by atoms with van der Waals surface area (Å²) in [5.41, 5.74) is 1.07. The molecule has 1 aromatic heterocycles. The van der Waals surface area contributed by atoms with E-state index in [9.17, 15) is 18.0 Å². The van der Waals surface area contributed by atoms with Gasteiger partial charge in [0.25, 0.3) is 10.0 Å². The number of thiophene rings is 1. The molecular formula is C18H19ClN2O4S2. The fourth-order valence-electron chi connectivity index (χ4n) is 3.02. The maximum absolute atomic E-state index is 12.9. The first-order valence-corrected chi connectivity index (χ1v) is 11.1. The molecule has 1 N–H and O–H groups in total. The van der Waals surface area contributed by atoms with Crippen molar-refractivity contribution in [3.8, 4) is 0 Å². The molecule has 1 aliphatic heterocycles. The number of sulfonamides is 1. The van der Waals surface area contributed by atoms with E-state index in [1.54, 1.807) is 24.3 Å². The van der Waals surface area contributed by atoms with Crippen molar-refractivity contribution in [2.75, 3.05) is 11.9 Å². The molecule has 0 saturated carbocycles. The van der Waals surface area contributed by atoms with E-state index >= 15 is 0 Å². The van der Waals surface area contributed by atoms with Gasteiger partial charge >= 0.3 is 0 Å². The molecule has 1 saturated heterocycles. The first-order chi connectivity index (χ1) is 12.8. The van der Waals surface area contributed by atoms with Crippen LogP contribution < -0.4 is 5.32 Å². The highest BCUT2D eigenvalue weighted by Gasteiger charge is 2.38. The molecule has 0 aliphatic carbocycles. The molecule has 1 amide bonds. The predicted molar refractivity (Wildman–Crippen MR) is 106 cm³/mol. The Bertz CT molecular complexity index is 954. The summed E-state index contributed by atoms with van der Waals surface area (Å²) in [4.78, 5) is 24.1. The Kier molecular flexibility index (Phi) is 6.00. The summed E-state index contributed by atoms with van der Waals surface area (Å²) in [6.07, 6.45) is 1.93. The highest BCUT2D eigenvalue weighted by atomic mass is 35.5. The molecule has 0 spiro atoms. The fourth-order valence-corrected chi connectivity index (χ4v) is 6.29. The topological polar surface area (TPSA) is 83.6 Å². The Hall–Kier alpha value is -1.74. The van der Waals surface area contributed by atoms with Gasteiger partial charge in [-0.15, -0.1) is 11.3 Å². The van der Waals surface area contributed by atoms with Gasteiger partial charge in [0.2, 0.25) is 5.91 Å². The smallest absolute Gasteiger partial charge is 0.253 e. The van der Waals surface area contributed by atoms with Crippen LogP contribution in [0.5, 0.6) is 0 Å². The summed E-state index contributed by atoms with van der Waals surface area (Å²) in [5, 5.41) is 2.76. The summed E-state index contributed by atoms with van der Waals surface area (Å²) in [7, 11) is -3.78. The third-order valence-corrected chi connectivity index (χ3v) is 8.03. The van der Waals surface area contributed by atoms with Crippen LogP contribution in [0.4, 0.5) is 5.69 Å². The van der Waals surface area contributed by atoms with E-state index in [0.29, 0.717) is 35.0 Å². The number of piperidine rings is 1. The molecular weight excluding hydrogens is 408 g/mol. The van der Waals surface area contributed by atoms with Crippen molar-refractivity contribution in [3.05, 3.63) is 46.3 Å². The van der Waals surface area contributed by atoms with Gasteiger partial charge in [0.1, 0.15) is 10.3 Å². The number of ketones is 1. The SMILES string of the molecule is CC(=O)c1ccc(NC(=O)[C@H]2CCCCN2S(=O)(=O)c2ccc(Cl)s2)cc1. The van der Waals surface area contributed by atoms with Crippen molar-refractivity contribution < 1.29 is 18.0 Å². The van der Waals surface area contributed by atoms with Gasteiger partial charge in [0, 0.05) is 17.8 Å². The normalized spacial score (nSPS) is 18.2. The molecule has 144 valence electrons. The number of Topliss-reactive ketones (excluding diaryl/α,β-unsaturated/α-hetero) is 1. The number of carbonyl (C=O) groups is 2. The van der Waals surface area contributed by atoms with Crippen molar-refractivity contribution in [2.24, 2.45) is 0 Å². The highest BCUT2D eigenvalue weighted by Crippen LogP contribution is 2.32. The number of halogens is 1. The van der Waals surface area contributed by atoms with Gasteiger partial charge in [-0.05, 0) is 56.2 Å². The average molecular weight is 427 g/mol. The zero-order valence-electron chi connectivity index (χ0n) is 14.6. The molecule has 1 aromatic carbocycles. The standard InChI is InChI=1S/C18H19ClN2O4S2/c1-12(22)13-5-7-14(8-6-13)20-18(23)15-4-2-3-11-21(15)27(24,25)17-10-9-16(19)26-17/h5-10,15H,2-4,11H2,1H3,(H,20,23)/t15-/m1/s1. The monoisotopic (exact) mass is 426 g/mol. The van der Waals surface area contributed by atoms with Crippen molar-refractivity contribution in [1.29, 1.82) is 0 Å². The molecule has 6 nitrogen and oxygen atoms in total. The number of hydrogen-bond donors (Lipinski definition) is 1. The lowest BCUT2D eigenvalue weighted by molar-refractivity contribution is -0.120. The van der Waals surface area contributed by atoms with E-state index in [1.807, 2.05) is 0 Å². The molecule has 0 radical (unpaired) electrons. The molecule has 1 atom stereocenters. The number of nitrogens with one attached hydrogen (secondary N) is 1. The third-order valence-electron chi connectivity index (χ3n) is 4.43. The van der Waals surface area contributed by atoms with Crippen LogP contribution in [-0.4, -0.2) is 37.0 Å². The van der Waals surface area contributed by atoms with Crippen molar-refractivity contribution in [3.63, 3.8) is 0 Å². The van der Waals surface area contributed by atoms with Crippen molar-refractivity contribution in [1.82, 2.24) is 4.31 Å². The molecule has 27 heavy (non-hydrogen) atoms. The summed E-state index contributed by atoms with van der Waals surface area (Å²) >= 11 is 6.86. The largest absolute Gasteiger partial charge is 0.325 e. The number of benzene rings is 1. The highest BCUT2D eigenvalue weighted by molar-refractivity contribution is 7.91. The Morgan fingerprint density at radius 1 is 1.15 bits per heavy atom. The predicted octanol–water partition coefficient (Wildman–Crippen LogP) is 3.79. The lowest BCUT2D eigenvalue weighted by Crippen LogP contribution is -2.49. The molecule has 1 fully saturated rings. The number of nitrogens with zero attached hydrogens (tertiary/aromatic N) is 1. The molecule has 9 heteroatoms. The Labute approximate surface area is 167 Å². The summed E-state index contributed by atoms with van der Waals surface area (Å²) in [5.74, 6) is -0.441. The molecule has 1 aliphatic rings. The number of hydrogen-bond acceptors (Lipinski definition) is 5. The van der Waals surface area contributed by atoms with Crippen molar-refractivity contribution >= 4 is 50.3 Å². The first-order valence-electron chi connectivity index (χ1n) is 8.48. The van der Waals surface area contributed by atoms with E-state index in [2.05, 4.69) is 5.32 Å². The number of rotatable bonds is 5. The van der Waals surface area contributed by atoms with Crippen LogP contribution in [0.2, 0.25) is 4.34 Å². The van der Waals surface area contributed by atoms with Crippen LogP contribution in [0.25, 0.3) is 0 Å². The van der Waals surface area contributed by atoms with Gasteiger partial charge in [-0.2, -0.15) is 4.31 Å². The lowest BCUT2D eigenvalue weighted by Gasteiger charge is -2.33. The maximum atomic E-state index is 12.9. The van der Waals surface area contributed by atoms with Crippen LogP contribution in [0.3, 0.4) is 0 Å². The average Bonchev–Trinajstić information content (AvgIpc) is 3.09. The van der Waals surface area contributed by atoms with Gasteiger partial charge in [0.05, 0.1) is 4.34 Å². The Morgan fingerprint density at radius 3 is 2.44 bits per heavy atom. The van der Waals surface area contributed by atoms with E-state index in [4.69, 9.17) is 11.6 Å². The molecule has 2 heterocycles.